The third-order valence-corrected chi connectivity index (χ3v) is 3.53. The lowest BCUT2D eigenvalue weighted by atomic mass is 10.0. The molecule has 0 amide bonds. The second-order valence-electron chi connectivity index (χ2n) is 5.91. The van der Waals surface area contributed by atoms with Crippen molar-refractivity contribution in [3.8, 4) is 5.88 Å². The van der Waals surface area contributed by atoms with Crippen LogP contribution in [0.2, 0.25) is 0 Å². The lowest BCUT2D eigenvalue weighted by Crippen LogP contribution is -2.45. The molecule has 2 rings (SSSR count). The van der Waals surface area contributed by atoms with Gasteiger partial charge in [-0.05, 0) is 44.6 Å². The minimum absolute atomic E-state index is 0.0512. The van der Waals surface area contributed by atoms with Crippen LogP contribution in [0.3, 0.4) is 0 Å². The molecule has 1 aliphatic rings. The molecule has 0 aliphatic carbocycles. The van der Waals surface area contributed by atoms with Gasteiger partial charge in [-0.1, -0.05) is 0 Å². The Labute approximate surface area is 141 Å². The molecule has 0 atom stereocenters. The molecule has 0 saturated heterocycles. The SMILES string of the molecule is C/C(O)=C1/C=C(c2cnc(OC(C)(C)C(F)(F)F)c(F)c2)C=CN1N. The number of ether oxygens (including phenoxy) is 1. The van der Waals surface area contributed by atoms with Crippen molar-refractivity contribution >= 4 is 5.57 Å². The predicted molar refractivity (Wildman–Crippen MR) is 83.4 cm³/mol. The average Bonchev–Trinajstić information content (AvgIpc) is 2.48. The van der Waals surface area contributed by atoms with Gasteiger partial charge in [0.15, 0.2) is 11.4 Å². The summed E-state index contributed by atoms with van der Waals surface area (Å²) in [6.45, 7) is 2.99. The number of nitrogens with zero attached hydrogens (tertiary/aromatic N) is 2. The summed E-state index contributed by atoms with van der Waals surface area (Å²) in [4.78, 5) is 3.65. The van der Waals surface area contributed by atoms with Crippen LogP contribution >= 0.6 is 0 Å². The third-order valence-electron chi connectivity index (χ3n) is 3.53. The minimum atomic E-state index is -4.68. The second kappa shape index (κ2) is 6.40. The van der Waals surface area contributed by atoms with Crippen LogP contribution in [0, 0.1) is 5.82 Å². The summed E-state index contributed by atoms with van der Waals surface area (Å²) in [5.74, 6) is 3.82. The van der Waals surface area contributed by atoms with Crippen LogP contribution in [-0.4, -0.2) is 26.9 Å². The minimum Gasteiger partial charge on any atom is -0.510 e. The van der Waals surface area contributed by atoms with Gasteiger partial charge in [0.1, 0.15) is 5.76 Å². The monoisotopic (exact) mass is 359 g/mol. The topological polar surface area (TPSA) is 71.6 Å². The van der Waals surface area contributed by atoms with Gasteiger partial charge in [-0.15, -0.1) is 0 Å². The highest BCUT2D eigenvalue weighted by atomic mass is 19.4. The molecule has 0 fully saturated rings. The highest BCUT2D eigenvalue weighted by molar-refractivity contribution is 5.77. The number of allylic oxidation sites excluding steroid dienone is 4. The van der Waals surface area contributed by atoms with Gasteiger partial charge >= 0.3 is 6.18 Å². The van der Waals surface area contributed by atoms with Crippen molar-refractivity contribution in [1.29, 1.82) is 0 Å². The molecule has 1 aromatic heterocycles. The molecule has 1 aliphatic heterocycles. The molecule has 0 bridgehead atoms. The number of aromatic nitrogens is 1. The van der Waals surface area contributed by atoms with E-state index in [1.807, 2.05) is 0 Å². The quantitative estimate of drug-likeness (QED) is 0.488. The molecule has 0 spiro atoms. The van der Waals surface area contributed by atoms with E-state index in [0.717, 1.165) is 19.9 Å². The van der Waals surface area contributed by atoms with Crippen LogP contribution in [0.4, 0.5) is 17.6 Å². The Kier molecular flexibility index (Phi) is 4.81. The summed E-state index contributed by atoms with van der Waals surface area (Å²) in [5.41, 5.74) is -1.54. The molecule has 136 valence electrons. The van der Waals surface area contributed by atoms with Crippen LogP contribution in [0.1, 0.15) is 26.3 Å². The van der Waals surface area contributed by atoms with Crippen molar-refractivity contribution in [1.82, 2.24) is 9.99 Å². The first-order valence-electron chi connectivity index (χ1n) is 7.17. The molecule has 0 unspecified atom stereocenters. The van der Waals surface area contributed by atoms with Crippen LogP contribution < -0.4 is 10.6 Å². The largest absolute Gasteiger partial charge is 0.510 e. The van der Waals surface area contributed by atoms with Crippen LogP contribution in [0.5, 0.6) is 5.88 Å². The Bertz CT molecular complexity index is 763. The lowest BCUT2D eigenvalue weighted by molar-refractivity contribution is -0.235. The second-order valence-corrected chi connectivity index (χ2v) is 5.91. The van der Waals surface area contributed by atoms with Gasteiger partial charge in [0.2, 0.25) is 0 Å². The van der Waals surface area contributed by atoms with Crippen LogP contribution in [0.15, 0.2) is 42.1 Å². The highest BCUT2D eigenvalue weighted by Gasteiger charge is 2.50. The van der Waals surface area contributed by atoms with E-state index in [4.69, 9.17) is 5.84 Å². The maximum absolute atomic E-state index is 14.2. The summed E-state index contributed by atoms with van der Waals surface area (Å²) in [5, 5.41) is 10.8. The number of halogens is 4. The number of hydrazine groups is 1. The van der Waals surface area contributed by atoms with E-state index in [2.05, 4.69) is 9.72 Å². The Hall–Kier alpha value is -2.55. The molecule has 0 saturated carbocycles. The van der Waals surface area contributed by atoms with E-state index in [9.17, 15) is 22.7 Å². The molecule has 2 heterocycles. The highest BCUT2D eigenvalue weighted by Crippen LogP contribution is 2.35. The molecular formula is C16H17F4N3O2. The van der Waals surface area contributed by atoms with Crippen molar-refractivity contribution < 1.29 is 27.4 Å². The zero-order valence-electron chi connectivity index (χ0n) is 13.7. The standard InChI is InChI=1S/C16H17F4N3O2/c1-9(24)13-7-10(4-5-23(13)21)11-6-12(17)14(22-8-11)25-15(2,3)16(18,19)20/h4-8,24H,21H2,1-3H3/b13-9+. The third kappa shape index (κ3) is 3.93. The van der Waals surface area contributed by atoms with Gasteiger partial charge in [0, 0.05) is 18.0 Å². The van der Waals surface area contributed by atoms with Crippen molar-refractivity contribution in [2.45, 2.75) is 32.5 Å². The summed E-state index contributed by atoms with van der Waals surface area (Å²) in [6.07, 6.45) is 0.976. The molecular weight excluding hydrogens is 342 g/mol. The van der Waals surface area contributed by atoms with Gasteiger partial charge in [-0.3, -0.25) is 5.01 Å². The van der Waals surface area contributed by atoms with Gasteiger partial charge < -0.3 is 9.84 Å². The van der Waals surface area contributed by atoms with Crippen LogP contribution in [-0.2, 0) is 0 Å². The summed E-state index contributed by atoms with van der Waals surface area (Å²) >= 11 is 0. The number of pyridine rings is 1. The Morgan fingerprint density at radius 3 is 2.48 bits per heavy atom. The maximum atomic E-state index is 14.2. The molecule has 25 heavy (non-hydrogen) atoms. The van der Waals surface area contributed by atoms with E-state index in [1.165, 1.54) is 30.4 Å². The van der Waals surface area contributed by atoms with Gasteiger partial charge in [0.25, 0.3) is 5.88 Å². The smallest absolute Gasteiger partial charge is 0.427 e. The van der Waals surface area contributed by atoms with Gasteiger partial charge in [0.05, 0.1) is 5.70 Å². The molecule has 0 aromatic carbocycles. The van der Waals surface area contributed by atoms with E-state index in [1.54, 1.807) is 6.08 Å². The van der Waals surface area contributed by atoms with Gasteiger partial charge in [-0.2, -0.15) is 13.2 Å². The zero-order chi connectivity index (χ0) is 19.0. The first kappa shape index (κ1) is 18.8. The molecule has 0 radical (unpaired) electrons. The normalized spacial score (nSPS) is 17.4. The van der Waals surface area contributed by atoms with Crippen molar-refractivity contribution in [3.63, 3.8) is 0 Å². The summed E-state index contributed by atoms with van der Waals surface area (Å²) in [6, 6.07) is 1.00. The van der Waals surface area contributed by atoms with Crippen molar-refractivity contribution in [2.75, 3.05) is 0 Å². The fraction of sp³-hybridized carbons (Fsp3) is 0.312. The number of hydrogen-bond donors (Lipinski definition) is 2. The lowest BCUT2D eigenvalue weighted by Gasteiger charge is -2.28. The van der Waals surface area contributed by atoms with E-state index >= 15 is 0 Å². The van der Waals surface area contributed by atoms with Crippen molar-refractivity contribution in [2.24, 2.45) is 5.84 Å². The summed E-state index contributed by atoms with van der Waals surface area (Å²) in [7, 11) is 0. The Morgan fingerprint density at radius 2 is 1.96 bits per heavy atom. The number of alkyl halides is 3. The fourth-order valence-corrected chi connectivity index (χ4v) is 1.94. The number of hydrogen-bond acceptors (Lipinski definition) is 5. The van der Waals surface area contributed by atoms with Crippen LogP contribution in [0.25, 0.3) is 5.57 Å². The fourth-order valence-electron chi connectivity index (χ4n) is 1.94. The number of rotatable bonds is 3. The number of aliphatic hydroxyl groups is 1. The molecule has 1 aromatic rings. The Balaban J connectivity index is 2.34. The van der Waals surface area contributed by atoms with E-state index in [-0.39, 0.29) is 17.0 Å². The Morgan fingerprint density at radius 1 is 1.32 bits per heavy atom. The van der Waals surface area contributed by atoms with Gasteiger partial charge in [-0.25, -0.2) is 15.2 Å². The summed E-state index contributed by atoms with van der Waals surface area (Å²) < 4.78 is 57.4. The number of nitrogens with two attached hydrogens (primary N) is 1. The predicted octanol–water partition coefficient (Wildman–Crippen LogP) is 3.82. The molecule has 9 heteroatoms. The zero-order valence-corrected chi connectivity index (χ0v) is 13.7. The van der Waals surface area contributed by atoms with E-state index in [0.29, 0.717) is 5.57 Å². The van der Waals surface area contributed by atoms with Crippen molar-refractivity contribution in [3.05, 3.63) is 53.5 Å². The molecule has 5 nitrogen and oxygen atoms in total. The first-order valence-corrected chi connectivity index (χ1v) is 7.17. The first-order chi connectivity index (χ1) is 11.4. The average molecular weight is 359 g/mol. The number of aliphatic hydroxyl groups excluding tert-OH is 1. The molecule has 3 N–H and O–H groups in total. The maximum Gasteiger partial charge on any atom is 0.427 e. The van der Waals surface area contributed by atoms with E-state index < -0.39 is 23.5 Å².